The van der Waals surface area contributed by atoms with Crippen LogP contribution in [0.25, 0.3) is 0 Å². The second-order valence-corrected chi connectivity index (χ2v) is 7.89. The highest BCUT2D eigenvalue weighted by Gasteiger charge is 2.24. The molecule has 1 aliphatic heterocycles. The van der Waals surface area contributed by atoms with Crippen LogP contribution in [0.4, 0.5) is 0 Å². The Kier molecular flexibility index (Phi) is 5.08. The van der Waals surface area contributed by atoms with E-state index < -0.39 is 10.0 Å². The molecule has 0 fully saturated rings. The molecule has 0 aromatic heterocycles. The van der Waals surface area contributed by atoms with Gasteiger partial charge in [-0.25, -0.2) is 8.42 Å². The Hall–Kier alpha value is -1.60. The van der Waals surface area contributed by atoms with E-state index in [1.54, 1.807) is 12.1 Å². The Morgan fingerprint density at radius 1 is 1.50 bits per heavy atom. The van der Waals surface area contributed by atoms with E-state index in [4.69, 9.17) is 11.6 Å². The van der Waals surface area contributed by atoms with E-state index in [2.05, 4.69) is 28.7 Å². The zero-order valence-electron chi connectivity index (χ0n) is 12.5. The monoisotopic (exact) mass is 342 g/mol. The van der Waals surface area contributed by atoms with Gasteiger partial charge in [-0.1, -0.05) is 31.5 Å². The highest BCUT2D eigenvalue weighted by Crippen LogP contribution is 2.19. The normalized spacial score (nSPS) is 17.3. The molecule has 0 amide bonds. The fourth-order valence-electron chi connectivity index (χ4n) is 1.97. The molecule has 1 aliphatic rings. The van der Waals surface area contributed by atoms with Gasteiger partial charge in [-0.05, 0) is 18.2 Å². The van der Waals surface area contributed by atoms with Crippen LogP contribution in [0, 0.1) is 5.41 Å². The predicted molar refractivity (Wildman–Crippen MR) is 89.0 cm³/mol. The molecular formula is C14H19ClN4O2S. The van der Waals surface area contributed by atoms with E-state index in [1.807, 2.05) is 11.2 Å². The summed E-state index contributed by atoms with van der Waals surface area (Å²) in [7, 11) is -3.63. The van der Waals surface area contributed by atoms with Crippen molar-refractivity contribution in [2.45, 2.75) is 18.7 Å². The number of sulfonamides is 1. The van der Waals surface area contributed by atoms with Crippen LogP contribution in [-0.4, -0.2) is 45.6 Å². The van der Waals surface area contributed by atoms with Crippen LogP contribution >= 0.6 is 11.6 Å². The summed E-state index contributed by atoms with van der Waals surface area (Å²) < 4.78 is 26.3. The van der Waals surface area contributed by atoms with Crippen molar-refractivity contribution in [3.63, 3.8) is 0 Å². The quantitative estimate of drug-likeness (QED) is 0.634. The minimum Gasteiger partial charge on any atom is -0.295 e. The number of benzene rings is 1. The number of halogens is 1. The predicted octanol–water partition coefficient (Wildman–Crippen LogP) is 1.97. The summed E-state index contributed by atoms with van der Waals surface area (Å²) >= 11 is 5.79. The second-order valence-electron chi connectivity index (χ2n) is 5.74. The fourth-order valence-corrected chi connectivity index (χ4v) is 3.12. The SMILES string of the molecule is CC1(C)C=NN(CCN=CNS(=O)(=O)c2cccc(Cl)c2)C1. The Balaban J connectivity index is 1.81. The maximum atomic E-state index is 12.0. The van der Waals surface area contributed by atoms with Crippen molar-refractivity contribution in [2.75, 3.05) is 19.6 Å². The molecular weight excluding hydrogens is 324 g/mol. The molecule has 0 saturated carbocycles. The van der Waals surface area contributed by atoms with Crippen LogP contribution < -0.4 is 4.72 Å². The summed E-state index contributed by atoms with van der Waals surface area (Å²) in [6.45, 7) is 6.18. The summed E-state index contributed by atoms with van der Waals surface area (Å²) in [5, 5.41) is 6.56. The average Bonchev–Trinajstić information content (AvgIpc) is 2.78. The van der Waals surface area contributed by atoms with Crippen molar-refractivity contribution >= 4 is 34.2 Å². The summed E-state index contributed by atoms with van der Waals surface area (Å²) in [5.74, 6) is 0. The maximum absolute atomic E-state index is 12.0. The van der Waals surface area contributed by atoms with Crippen molar-refractivity contribution in [1.29, 1.82) is 0 Å². The summed E-state index contributed by atoms with van der Waals surface area (Å²) in [4.78, 5) is 4.16. The minimum absolute atomic E-state index is 0.0812. The number of hydrogen-bond acceptors (Lipinski definition) is 5. The van der Waals surface area contributed by atoms with E-state index in [1.165, 1.54) is 18.5 Å². The Labute approximate surface area is 135 Å². The molecule has 0 radical (unpaired) electrons. The zero-order chi connectivity index (χ0) is 16.2. The molecule has 0 atom stereocenters. The van der Waals surface area contributed by atoms with E-state index in [-0.39, 0.29) is 10.3 Å². The Morgan fingerprint density at radius 3 is 2.91 bits per heavy atom. The van der Waals surface area contributed by atoms with Gasteiger partial charge < -0.3 is 0 Å². The lowest BCUT2D eigenvalue weighted by Gasteiger charge is -2.18. The lowest BCUT2D eigenvalue weighted by Crippen LogP contribution is -2.26. The molecule has 1 N–H and O–H groups in total. The molecule has 1 aromatic carbocycles. The third-order valence-electron chi connectivity index (χ3n) is 3.05. The first-order chi connectivity index (χ1) is 10.3. The smallest absolute Gasteiger partial charge is 0.262 e. The number of hydrogen-bond donors (Lipinski definition) is 1. The first-order valence-electron chi connectivity index (χ1n) is 6.85. The van der Waals surface area contributed by atoms with Gasteiger partial charge in [0.1, 0.15) is 0 Å². The van der Waals surface area contributed by atoms with Gasteiger partial charge in [0.15, 0.2) is 0 Å². The number of rotatable bonds is 6. The number of hydrazone groups is 1. The molecule has 8 heteroatoms. The minimum atomic E-state index is -3.63. The van der Waals surface area contributed by atoms with Crippen molar-refractivity contribution in [1.82, 2.24) is 9.73 Å². The average molecular weight is 343 g/mol. The van der Waals surface area contributed by atoms with Gasteiger partial charge in [0.05, 0.1) is 24.3 Å². The van der Waals surface area contributed by atoms with E-state index in [0.29, 0.717) is 18.1 Å². The van der Waals surface area contributed by atoms with Crippen molar-refractivity contribution < 1.29 is 8.42 Å². The van der Waals surface area contributed by atoms with Crippen LogP contribution in [0.1, 0.15) is 13.8 Å². The third kappa shape index (κ3) is 4.71. The van der Waals surface area contributed by atoms with E-state index >= 15 is 0 Å². The van der Waals surface area contributed by atoms with Crippen molar-refractivity contribution in [2.24, 2.45) is 15.5 Å². The standard InChI is InChI=1S/C14H19ClN4O2S/c1-14(2)9-17-19(10-14)7-6-16-11-18-22(20,21)13-5-3-4-12(15)8-13/h3-5,8-9,11H,6-7,10H2,1-2H3,(H,16,18). The van der Waals surface area contributed by atoms with Gasteiger partial charge in [0.2, 0.25) is 0 Å². The molecule has 0 unspecified atom stereocenters. The summed E-state index contributed by atoms with van der Waals surface area (Å²) in [6, 6.07) is 6.07. The molecule has 0 spiro atoms. The molecule has 0 saturated heterocycles. The molecule has 120 valence electrons. The van der Waals surface area contributed by atoms with Crippen LogP contribution in [0.5, 0.6) is 0 Å². The summed E-state index contributed by atoms with van der Waals surface area (Å²) in [5.41, 5.74) is 0.0812. The Bertz CT molecular complexity index is 686. The van der Waals surface area contributed by atoms with E-state index in [0.717, 1.165) is 6.54 Å². The van der Waals surface area contributed by atoms with Crippen LogP contribution in [0.3, 0.4) is 0 Å². The number of aliphatic imine (C=N–C) groups is 1. The van der Waals surface area contributed by atoms with Crippen molar-refractivity contribution in [3.8, 4) is 0 Å². The van der Waals surface area contributed by atoms with Gasteiger partial charge in [-0.3, -0.25) is 14.7 Å². The van der Waals surface area contributed by atoms with Gasteiger partial charge in [-0.2, -0.15) is 5.10 Å². The molecule has 1 aromatic rings. The first kappa shape index (κ1) is 16.8. The molecule has 0 aliphatic carbocycles. The van der Waals surface area contributed by atoms with Crippen LogP contribution in [0.2, 0.25) is 5.02 Å². The summed E-state index contributed by atoms with van der Waals surface area (Å²) in [6.07, 6.45) is 3.11. The lowest BCUT2D eigenvalue weighted by molar-refractivity contribution is 0.273. The second kappa shape index (κ2) is 6.66. The molecule has 6 nitrogen and oxygen atoms in total. The highest BCUT2D eigenvalue weighted by atomic mass is 35.5. The Morgan fingerprint density at radius 2 is 2.27 bits per heavy atom. The molecule has 22 heavy (non-hydrogen) atoms. The van der Waals surface area contributed by atoms with Gasteiger partial charge in [-0.15, -0.1) is 0 Å². The van der Waals surface area contributed by atoms with Crippen molar-refractivity contribution in [3.05, 3.63) is 29.3 Å². The largest absolute Gasteiger partial charge is 0.295 e. The highest BCUT2D eigenvalue weighted by molar-refractivity contribution is 7.90. The van der Waals surface area contributed by atoms with Gasteiger partial charge in [0, 0.05) is 23.2 Å². The lowest BCUT2D eigenvalue weighted by atomic mass is 9.97. The third-order valence-corrected chi connectivity index (χ3v) is 4.58. The molecule has 0 bridgehead atoms. The molecule has 2 rings (SSSR count). The van der Waals surface area contributed by atoms with Gasteiger partial charge >= 0.3 is 0 Å². The molecule has 1 heterocycles. The van der Waals surface area contributed by atoms with Gasteiger partial charge in [0.25, 0.3) is 10.0 Å². The first-order valence-corrected chi connectivity index (χ1v) is 8.71. The zero-order valence-corrected chi connectivity index (χ0v) is 14.1. The maximum Gasteiger partial charge on any atom is 0.262 e. The van der Waals surface area contributed by atoms with Crippen LogP contribution in [0.15, 0.2) is 39.3 Å². The van der Waals surface area contributed by atoms with E-state index in [9.17, 15) is 8.42 Å². The fraction of sp³-hybridized carbons (Fsp3) is 0.429. The number of nitrogens with zero attached hydrogens (tertiary/aromatic N) is 3. The van der Waals surface area contributed by atoms with Crippen LogP contribution in [-0.2, 0) is 10.0 Å². The topological polar surface area (TPSA) is 74.1 Å². The number of nitrogens with one attached hydrogen (secondary N) is 1.